The first-order valence-electron chi connectivity index (χ1n) is 6.38. The van der Waals surface area contributed by atoms with Gasteiger partial charge in [0.05, 0.1) is 0 Å². The van der Waals surface area contributed by atoms with Crippen molar-refractivity contribution in [3.8, 4) is 0 Å². The van der Waals surface area contributed by atoms with E-state index in [0.717, 1.165) is 6.42 Å². The number of rotatable bonds is 7. The van der Waals surface area contributed by atoms with Crippen molar-refractivity contribution in [2.24, 2.45) is 17.6 Å². The molecule has 96 valence electrons. The Bertz CT molecular complexity index is 349. The minimum absolute atomic E-state index is 0.0192. The van der Waals surface area contributed by atoms with Gasteiger partial charge in [0.15, 0.2) is 0 Å². The first-order valence-corrected chi connectivity index (χ1v) is 6.38. The molecular formula is C12H21N3O2. The van der Waals surface area contributed by atoms with Gasteiger partial charge in [-0.2, -0.15) is 4.98 Å². The van der Waals surface area contributed by atoms with Crippen LogP contribution in [0, 0.1) is 11.8 Å². The van der Waals surface area contributed by atoms with Gasteiger partial charge in [-0.25, -0.2) is 0 Å². The van der Waals surface area contributed by atoms with Gasteiger partial charge in [0.25, 0.3) is 0 Å². The number of nitrogens with zero attached hydrogens (tertiary/aromatic N) is 2. The second kappa shape index (κ2) is 5.60. The van der Waals surface area contributed by atoms with Crippen molar-refractivity contribution < 1.29 is 9.26 Å². The van der Waals surface area contributed by atoms with Crippen LogP contribution in [0.1, 0.15) is 44.5 Å². The van der Waals surface area contributed by atoms with Gasteiger partial charge in [0, 0.05) is 13.0 Å². The van der Waals surface area contributed by atoms with Crippen LogP contribution in [0.3, 0.4) is 0 Å². The van der Waals surface area contributed by atoms with E-state index in [2.05, 4.69) is 17.1 Å². The standard InChI is InChI=1S/C12H21N3O2/c1-3-16-11(9-4-5-9)12-14-10(17-15-12)6-8(2)7-13/h8-9,11H,3-7,13H2,1-2H3. The summed E-state index contributed by atoms with van der Waals surface area (Å²) in [5.74, 6) is 2.32. The highest BCUT2D eigenvalue weighted by molar-refractivity contribution is 4.98. The molecule has 1 heterocycles. The normalized spacial score (nSPS) is 19.2. The third-order valence-corrected chi connectivity index (χ3v) is 3.06. The van der Waals surface area contributed by atoms with E-state index in [1.165, 1.54) is 12.8 Å². The van der Waals surface area contributed by atoms with Crippen LogP contribution in [0.15, 0.2) is 4.52 Å². The molecular weight excluding hydrogens is 218 g/mol. The van der Waals surface area contributed by atoms with Crippen LogP contribution in [-0.4, -0.2) is 23.3 Å². The topological polar surface area (TPSA) is 74.2 Å². The zero-order valence-corrected chi connectivity index (χ0v) is 10.6. The van der Waals surface area contributed by atoms with Crippen LogP contribution in [0.25, 0.3) is 0 Å². The molecule has 2 unspecified atom stereocenters. The second-order valence-corrected chi connectivity index (χ2v) is 4.80. The molecule has 2 N–H and O–H groups in total. The molecule has 2 rings (SSSR count). The molecule has 17 heavy (non-hydrogen) atoms. The van der Waals surface area contributed by atoms with Gasteiger partial charge in [-0.05, 0) is 38.1 Å². The Kier molecular flexibility index (Phi) is 4.12. The molecule has 0 amide bonds. The van der Waals surface area contributed by atoms with E-state index >= 15 is 0 Å². The SMILES string of the molecule is CCOC(c1noc(CC(C)CN)n1)C1CC1. The fraction of sp³-hybridized carbons (Fsp3) is 0.833. The molecule has 0 bridgehead atoms. The summed E-state index contributed by atoms with van der Waals surface area (Å²) in [6.45, 7) is 5.39. The largest absolute Gasteiger partial charge is 0.370 e. The van der Waals surface area contributed by atoms with E-state index in [1.807, 2.05) is 6.92 Å². The number of hydrogen-bond donors (Lipinski definition) is 1. The highest BCUT2D eigenvalue weighted by Crippen LogP contribution is 2.42. The first kappa shape index (κ1) is 12.5. The molecule has 1 saturated carbocycles. The maximum absolute atomic E-state index is 5.69. The van der Waals surface area contributed by atoms with Crippen LogP contribution in [0.4, 0.5) is 0 Å². The van der Waals surface area contributed by atoms with E-state index in [9.17, 15) is 0 Å². The van der Waals surface area contributed by atoms with Gasteiger partial charge in [-0.1, -0.05) is 12.1 Å². The number of aromatic nitrogens is 2. The summed E-state index contributed by atoms with van der Waals surface area (Å²) in [7, 11) is 0. The van der Waals surface area contributed by atoms with Gasteiger partial charge in [-0.3, -0.25) is 0 Å². The molecule has 0 spiro atoms. The van der Waals surface area contributed by atoms with Crippen molar-refractivity contribution in [3.05, 3.63) is 11.7 Å². The molecule has 5 nitrogen and oxygen atoms in total. The molecule has 1 aromatic rings. The molecule has 2 atom stereocenters. The Labute approximate surface area is 102 Å². The Hall–Kier alpha value is -0.940. The summed E-state index contributed by atoms with van der Waals surface area (Å²) in [4.78, 5) is 4.42. The Morgan fingerprint density at radius 2 is 2.29 bits per heavy atom. The quantitative estimate of drug-likeness (QED) is 0.783. The molecule has 1 fully saturated rings. The lowest BCUT2D eigenvalue weighted by Crippen LogP contribution is -2.13. The van der Waals surface area contributed by atoms with Crippen molar-refractivity contribution in [3.63, 3.8) is 0 Å². The van der Waals surface area contributed by atoms with Gasteiger partial charge in [-0.15, -0.1) is 0 Å². The van der Waals surface area contributed by atoms with Crippen LogP contribution >= 0.6 is 0 Å². The fourth-order valence-electron chi connectivity index (χ4n) is 1.85. The maximum atomic E-state index is 5.69. The minimum Gasteiger partial charge on any atom is -0.370 e. The second-order valence-electron chi connectivity index (χ2n) is 4.80. The molecule has 1 aromatic heterocycles. The zero-order valence-electron chi connectivity index (χ0n) is 10.6. The van der Waals surface area contributed by atoms with E-state index in [1.54, 1.807) is 0 Å². The summed E-state index contributed by atoms with van der Waals surface area (Å²) < 4.78 is 10.9. The van der Waals surface area contributed by atoms with E-state index in [0.29, 0.717) is 36.7 Å². The Morgan fingerprint density at radius 1 is 1.53 bits per heavy atom. The average Bonchev–Trinajstić information content (AvgIpc) is 3.06. The van der Waals surface area contributed by atoms with E-state index < -0.39 is 0 Å². The van der Waals surface area contributed by atoms with Crippen molar-refractivity contribution in [1.82, 2.24) is 10.1 Å². The predicted octanol–water partition coefficient (Wildman–Crippen LogP) is 1.69. The number of ether oxygens (including phenoxy) is 1. The summed E-state index contributed by atoms with van der Waals surface area (Å²) in [6, 6.07) is 0. The lowest BCUT2D eigenvalue weighted by molar-refractivity contribution is 0.0384. The molecule has 5 heteroatoms. The number of hydrogen-bond acceptors (Lipinski definition) is 5. The Morgan fingerprint density at radius 3 is 2.88 bits per heavy atom. The van der Waals surface area contributed by atoms with Crippen LogP contribution < -0.4 is 5.73 Å². The minimum atomic E-state index is 0.0192. The summed E-state index contributed by atoms with van der Waals surface area (Å²) >= 11 is 0. The van der Waals surface area contributed by atoms with Crippen LogP contribution in [0.5, 0.6) is 0 Å². The van der Waals surface area contributed by atoms with Crippen molar-refractivity contribution >= 4 is 0 Å². The van der Waals surface area contributed by atoms with Gasteiger partial charge in [0.2, 0.25) is 11.7 Å². The highest BCUT2D eigenvalue weighted by atomic mass is 16.5. The third kappa shape index (κ3) is 3.26. The van der Waals surface area contributed by atoms with Crippen LogP contribution in [0.2, 0.25) is 0 Å². The lowest BCUT2D eigenvalue weighted by atomic mass is 10.1. The lowest BCUT2D eigenvalue weighted by Gasteiger charge is -2.11. The number of nitrogens with two attached hydrogens (primary N) is 1. The molecule has 0 saturated heterocycles. The van der Waals surface area contributed by atoms with E-state index in [4.69, 9.17) is 15.0 Å². The van der Waals surface area contributed by atoms with E-state index in [-0.39, 0.29) is 6.10 Å². The average molecular weight is 239 g/mol. The summed E-state index contributed by atoms with van der Waals surface area (Å²) in [5, 5.41) is 4.03. The highest BCUT2D eigenvalue weighted by Gasteiger charge is 2.36. The Balaban J connectivity index is 2.00. The molecule has 0 radical (unpaired) electrons. The molecule has 1 aliphatic rings. The smallest absolute Gasteiger partial charge is 0.227 e. The third-order valence-electron chi connectivity index (χ3n) is 3.06. The first-order chi connectivity index (χ1) is 8.24. The maximum Gasteiger partial charge on any atom is 0.227 e. The monoisotopic (exact) mass is 239 g/mol. The fourth-order valence-corrected chi connectivity index (χ4v) is 1.85. The predicted molar refractivity (Wildman–Crippen MR) is 63.3 cm³/mol. The summed E-state index contributed by atoms with van der Waals surface area (Å²) in [5.41, 5.74) is 5.58. The van der Waals surface area contributed by atoms with Gasteiger partial charge >= 0.3 is 0 Å². The summed E-state index contributed by atoms with van der Waals surface area (Å²) in [6.07, 6.45) is 3.17. The van der Waals surface area contributed by atoms with Crippen molar-refractivity contribution in [1.29, 1.82) is 0 Å². The molecule has 0 aromatic carbocycles. The van der Waals surface area contributed by atoms with Crippen molar-refractivity contribution in [2.45, 2.75) is 39.2 Å². The zero-order chi connectivity index (χ0) is 12.3. The molecule has 0 aliphatic heterocycles. The van der Waals surface area contributed by atoms with Crippen molar-refractivity contribution in [2.75, 3.05) is 13.2 Å². The molecule has 1 aliphatic carbocycles. The van der Waals surface area contributed by atoms with Gasteiger partial charge in [0.1, 0.15) is 6.10 Å². The van der Waals surface area contributed by atoms with Gasteiger partial charge < -0.3 is 15.0 Å². The van der Waals surface area contributed by atoms with Crippen LogP contribution in [-0.2, 0) is 11.2 Å².